The van der Waals surface area contributed by atoms with Crippen molar-refractivity contribution in [2.45, 2.75) is 4.90 Å². The first-order valence-electron chi connectivity index (χ1n) is 11.2. The number of nitrogens with zero attached hydrogens (tertiary/aromatic N) is 4. The molecule has 0 amide bonds. The van der Waals surface area contributed by atoms with Gasteiger partial charge in [0.2, 0.25) is 0 Å². The molecule has 0 bridgehead atoms. The Morgan fingerprint density at radius 1 is 0.865 bits per heavy atom. The molecule has 0 radical (unpaired) electrons. The number of nitrogens with two attached hydrogens (primary N) is 3. The molecule has 3 heterocycles. The highest BCUT2D eigenvalue weighted by molar-refractivity contribution is 7.93. The Hall–Kier alpha value is -4.51. The fourth-order valence-electron chi connectivity index (χ4n) is 3.33. The van der Waals surface area contributed by atoms with Gasteiger partial charge >= 0.3 is 0 Å². The minimum atomic E-state index is 0.315. The van der Waals surface area contributed by atoms with Crippen LogP contribution in [0.15, 0.2) is 103 Å². The molecule has 2 aromatic carbocycles. The first-order valence-corrected chi connectivity index (χ1v) is 11.9. The summed E-state index contributed by atoms with van der Waals surface area (Å²) in [5.41, 5.74) is 22.5. The number of ether oxygens (including phenoxy) is 1. The molecule has 0 aliphatic carbocycles. The highest BCUT2D eigenvalue weighted by atomic mass is 32.2. The van der Waals surface area contributed by atoms with E-state index in [4.69, 9.17) is 26.5 Å². The smallest absolute Gasteiger partial charge is 0.130 e. The Bertz CT molecular complexity index is 1500. The van der Waals surface area contributed by atoms with Crippen LogP contribution >= 0.6 is 12.0 Å². The van der Waals surface area contributed by atoms with Crippen LogP contribution in [0.5, 0.6) is 11.5 Å². The summed E-state index contributed by atoms with van der Waals surface area (Å²) in [6, 6.07) is 18.5. The first-order chi connectivity index (χ1) is 18.1. The van der Waals surface area contributed by atoms with Gasteiger partial charge < -0.3 is 26.5 Å². The molecule has 0 atom stereocenters. The molecule has 5 rings (SSSR count). The molecule has 0 spiro atoms. The van der Waals surface area contributed by atoms with Crippen LogP contribution in [0.25, 0.3) is 27.7 Å². The second-order valence-corrected chi connectivity index (χ2v) is 8.36. The number of nitrogen functional groups attached to an aromatic ring is 1. The molecule has 7 N–H and O–H groups in total. The van der Waals surface area contributed by atoms with Gasteiger partial charge in [-0.25, -0.2) is 4.98 Å². The third kappa shape index (κ3) is 6.79. The Labute approximate surface area is 218 Å². The molecular weight excluding hydrogens is 486 g/mol. The number of aromatic nitrogens is 4. The number of hydrogen-bond acceptors (Lipinski definition) is 10. The summed E-state index contributed by atoms with van der Waals surface area (Å²) in [6.07, 6.45) is 9.86. The normalized spacial score (nSPS) is 11.0. The van der Waals surface area contributed by atoms with E-state index in [-0.39, 0.29) is 0 Å². The predicted molar refractivity (Wildman–Crippen MR) is 148 cm³/mol. The van der Waals surface area contributed by atoms with Crippen molar-refractivity contribution < 1.29 is 9.29 Å². The summed E-state index contributed by atoms with van der Waals surface area (Å²) < 4.78 is 14.3. The van der Waals surface area contributed by atoms with E-state index in [1.54, 1.807) is 67.4 Å². The summed E-state index contributed by atoms with van der Waals surface area (Å²) >= 11 is 0.718. The lowest BCUT2D eigenvalue weighted by Crippen LogP contribution is -2.06. The highest BCUT2D eigenvalue weighted by Gasteiger charge is 2.06. The largest absolute Gasteiger partial charge is 0.457 e. The molecule has 0 unspecified atom stereocenters. The molecule has 0 aliphatic rings. The number of anilines is 1. The minimum absolute atomic E-state index is 0.315. The zero-order valence-corrected chi connectivity index (χ0v) is 20.5. The number of hydrogen-bond donors (Lipinski definition) is 4. The van der Waals surface area contributed by atoms with E-state index in [0.29, 0.717) is 17.9 Å². The van der Waals surface area contributed by atoms with Crippen LogP contribution in [0.4, 0.5) is 5.69 Å². The van der Waals surface area contributed by atoms with E-state index in [1.807, 2.05) is 24.3 Å². The molecule has 186 valence electrons. The van der Waals surface area contributed by atoms with E-state index in [1.165, 1.54) is 6.20 Å². The van der Waals surface area contributed by atoms with Crippen LogP contribution in [0.2, 0.25) is 0 Å². The number of rotatable bonds is 6. The minimum Gasteiger partial charge on any atom is -0.457 e. The van der Waals surface area contributed by atoms with E-state index in [0.717, 1.165) is 56.2 Å². The lowest BCUT2D eigenvalue weighted by molar-refractivity contribution is 0.481. The summed E-state index contributed by atoms with van der Waals surface area (Å²) in [4.78, 5) is 17.8. The molecule has 0 saturated heterocycles. The van der Waals surface area contributed by atoms with Crippen molar-refractivity contribution in [3.63, 3.8) is 0 Å². The van der Waals surface area contributed by atoms with Crippen molar-refractivity contribution in [2.75, 3.05) is 12.3 Å². The van der Waals surface area contributed by atoms with E-state index < -0.39 is 0 Å². The fraction of sp³-hybridized carbons (Fsp3) is 0.0370. The summed E-state index contributed by atoms with van der Waals surface area (Å²) in [5, 5.41) is 0. The molecule has 0 aliphatic heterocycles. The number of benzene rings is 2. The SMILES string of the molecule is N/C=C(\CN)c1cnc2ccc(-c3cncc(N)c3)cc2n1.OSc1ccc(Oc2ccncc2)cc1. The van der Waals surface area contributed by atoms with Gasteiger partial charge in [0.25, 0.3) is 0 Å². The first kappa shape index (κ1) is 25.6. The molecular formula is C27H25N7O2S. The lowest BCUT2D eigenvalue weighted by atomic mass is 10.1. The number of pyridine rings is 2. The molecule has 0 saturated carbocycles. The topological polar surface area (TPSA) is 159 Å². The maximum Gasteiger partial charge on any atom is 0.130 e. The second-order valence-electron chi connectivity index (χ2n) is 7.71. The van der Waals surface area contributed by atoms with Crippen LogP contribution in [0.3, 0.4) is 0 Å². The van der Waals surface area contributed by atoms with Crippen LogP contribution < -0.4 is 21.9 Å². The van der Waals surface area contributed by atoms with Crippen molar-refractivity contribution in [3.05, 3.63) is 104 Å². The molecule has 0 fully saturated rings. The zero-order chi connectivity index (χ0) is 26.0. The molecule has 5 aromatic rings. The second kappa shape index (κ2) is 12.5. The zero-order valence-electron chi connectivity index (χ0n) is 19.7. The molecule has 9 nitrogen and oxygen atoms in total. The van der Waals surface area contributed by atoms with E-state index in [2.05, 4.69) is 19.9 Å². The van der Waals surface area contributed by atoms with Gasteiger partial charge in [-0.15, -0.1) is 0 Å². The monoisotopic (exact) mass is 511 g/mol. The average Bonchev–Trinajstić information content (AvgIpc) is 2.95. The van der Waals surface area contributed by atoms with Crippen LogP contribution in [0, 0.1) is 0 Å². The summed E-state index contributed by atoms with van der Waals surface area (Å²) in [6.45, 7) is 0.315. The Morgan fingerprint density at radius 2 is 1.62 bits per heavy atom. The van der Waals surface area contributed by atoms with Crippen molar-refractivity contribution in [1.29, 1.82) is 0 Å². The van der Waals surface area contributed by atoms with Gasteiger partial charge in [-0.3, -0.25) is 15.0 Å². The third-order valence-electron chi connectivity index (χ3n) is 5.20. The average molecular weight is 512 g/mol. The van der Waals surface area contributed by atoms with E-state index in [9.17, 15) is 0 Å². The predicted octanol–water partition coefficient (Wildman–Crippen LogP) is 4.97. The van der Waals surface area contributed by atoms with Gasteiger partial charge in [0.15, 0.2) is 0 Å². The van der Waals surface area contributed by atoms with E-state index >= 15 is 0 Å². The van der Waals surface area contributed by atoms with Crippen molar-refractivity contribution in [3.8, 4) is 22.6 Å². The molecule has 37 heavy (non-hydrogen) atoms. The maximum absolute atomic E-state index is 8.79. The molecule has 3 aromatic heterocycles. The van der Waals surface area contributed by atoms with Crippen LogP contribution in [-0.4, -0.2) is 31.0 Å². The Morgan fingerprint density at radius 3 is 2.30 bits per heavy atom. The Balaban J connectivity index is 0.000000186. The van der Waals surface area contributed by atoms with Gasteiger partial charge in [0.1, 0.15) is 11.5 Å². The van der Waals surface area contributed by atoms with Gasteiger partial charge in [0.05, 0.1) is 28.6 Å². The van der Waals surface area contributed by atoms with Crippen LogP contribution in [-0.2, 0) is 0 Å². The van der Waals surface area contributed by atoms with Gasteiger partial charge in [-0.1, -0.05) is 6.07 Å². The standard InChI is InChI=1S/C16H16N6.C11H9NO2S/c17-5-12(6-18)16-9-21-14-2-1-10(4-15(14)22-16)11-3-13(19)8-20-7-11;13-15-11-3-1-9(2-4-11)14-10-5-7-12-8-6-10/h1-5,7-9H,6,17-19H2;1-8,13H/b12-5+;. The van der Waals surface area contributed by atoms with Gasteiger partial charge in [-0.05, 0) is 60.2 Å². The van der Waals surface area contributed by atoms with Gasteiger partial charge in [0, 0.05) is 65.6 Å². The van der Waals surface area contributed by atoms with Crippen molar-refractivity contribution >= 4 is 34.3 Å². The fourth-order valence-corrected chi connectivity index (χ4v) is 3.59. The van der Waals surface area contributed by atoms with Crippen molar-refractivity contribution in [1.82, 2.24) is 19.9 Å². The quantitative estimate of drug-likeness (QED) is 0.229. The summed E-state index contributed by atoms with van der Waals surface area (Å²) in [5.74, 6) is 1.48. The van der Waals surface area contributed by atoms with Crippen molar-refractivity contribution in [2.24, 2.45) is 11.5 Å². The lowest BCUT2D eigenvalue weighted by Gasteiger charge is -2.07. The van der Waals surface area contributed by atoms with Gasteiger partial charge in [-0.2, -0.15) is 0 Å². The Kier molecular flexibility index (Phi) is 8.61. The summed E-state index contributed by atoms with van der Waals surface area (Å²) in [7, 11) is 0. The van der Waals surface area contributed by atoms with Crippen LogP contribution in [0.1, 0.15) is 5.69 Å². The molecule has 10 heteroatoms. The highest BCUT2D eigenvalue weighted by Crippen LogP contribution is 2.25. The third-order valence-corrected chi connectivity index (χ3v) is 5.68. The maximum atomic E-state index is 8.79. The number of fused-ring (bicyclic) bond motifs is 1.